The number of amides is 1. The monoisotopic (exact) mass is 432 g/mol. The van der Waals surface area contributed by atoms with Crippen molar-refractivity contribution in [3.05, 3.63) is 46.3 Å². The minimum atomic E-state index is -0.346. The van der Waals surface area contributed by atoms with Crippen LogP contribution in [0.25, 0.3) is 0 Å². The quantitative estimate of drug-likeness (QED) is 0.372. The molecular formula is C21H24N2O4S2. The van der Waals surface area contributed by atoms with Crippen molar-refractivity contribution in [3.8, 4) is 5.75 Å². The normalized spacial score (nSPS) is 12.2. The molecule has 2 N–H and O–H groups in total. The molecule has 0 spiro atoms. The molecule has 0 bridgehead atoms. The third kappa shape index (κ3) is 5.77. The van der Waals surface area contributed by atoms with Gasteiger partial charge in [0.05, 0.1) is 18.8 Å². The number of hydrogen-bond donors (Lipinski definition) is 2. The highest BCUT2D eigenvalue weighted by Gasteiger charge is 2.28. The van der Waals surface area contributed by atoms with Crippen LogP contribution in [-0.2, 0) is 22.4 Å². The number of thiocarbonyl (C=S) groups is 1. The zero-order valence-electron chi connectivity index (χ0n) is 16.3. The zero-order valence-corrected chi connectivity index (χ0v) is 17.9. The second-order valence-corrected chi connectivity index (χ2v) is 8.06. The number of thiophene rings is 1. The van der Waals surface area contributed by atoms with Crippen molar-refractivity contribution >= 4 is 45.5 Å². The summed E-state index contributed by atoms with van der Waals surface area (Å²) in [6, 6.07) is 9.47. The summed E-state index contributed by atoms with van der Waals surface area (Å²) in [5.74, 6) is 0.241. The molecule has 1 aromatic heterocycles. The third-order valence-electron chi connectivity index (χ3n) is 4.44. The summed E-state index contributed by atoms with van der Waals surface area (Å²) < 4.78 is 10.8. The molecule has 2 aromatic rings. The molecule has 1 aliphatic rings. The first-order chi connectivity index (χ1) is 14.1. The largest absolute Gasteiger partial charge is 0.494 e. The Hall–Kier alpha value is -2.45. The average Bonchev–Trinajstić information content (AvgIpc) is 3.26. The van der Waals surface area contributed by atoms with E-state index in [1.807, 2.05) is 30.3 Å². The first-order valence-corrected chi connectivity index (χ1v) is 10.9. The van der Waals surface area contributed by atoms with Gasteiger partial charge in [-0.15, -0.1) is 11.3 Å². The molecule has 0 aliphatic heterocycles. The van der Waals surface area contributed by atoms with Gasteiger partial charge < -0.3 is 20.1 Å². The van der Waals surface area contributed by atoms with Crippen LogP contribution in [-0.4, -0.2) is 30.2 Å². The summed E-state index contributed by atoms with van der Waals surface area (Å²) in [4.78, 5) is 25.7. The van der Waals surface area contributed by atoms with Crippen LogP contribution in [0.1, 0.15) is 47.0 Å². The molecular weight excluding hydrogens is 408 g/mol. The molecule has 0 saturated carbocycles. The average molecular weight is 433 g/mol. The topological polar surface area (TPSA) is 76.7 Å². The van der Waals surface area contributed by atoms with Crippen molar-refractivity contribution in [2.24, 2.45) is 0 Å². The lowest BCUT2D eigenvalue weighted by molar-refractivity contribution is -0.119. The second-order valence-electron chi connectivity index (χ2n) is 6.55. The molecule has 1 amide bonds. The number of carbonyl (C=O) groups is 2. The highest BCUT2D eigenvalue weighted by Crippen LogP contribution is 2.39. The number of nitrogens with one attached hydrogen (secondary N) is 2. The van der Waals surface area contributed by atoms with Gasteiger partial charge in [0.15, 0.2) is 5.11 Å². The van der Waals surface area contributed by atoms with E-state index in [4.69, 9.17) is 21.7 Å². The molecule has 0 radical (unpaired) electrons. The van der Waals surface area contributed by atoms with Crippen LogP contribution in [0.2, 0.25) is 0 Å². The summed E-state index contributed by atoms with van der Waals surface area (Å²) in [5, 5.41) is 6.51. The fourth-order valence-electron chi connectivity index (χ4n) is 3.17. The molecule has 29 heavy (non-hydrogen) atoms. The fraction of sp³-hybridized carbons (Fsp3) is 0.381. The number of hydrogen-bond acceptors (Lipinski definition) is 6. The van der Waals surface area contributed by atoms with Crippen LogP contribution in [0.3, 0.4) is 0 Å². The number of ether oxygens (including phenoxy) is 2. The van der Waals surface area contributed by atoms with Gasteiger partial charge in [-0.1, -0.05) is 18.2 Å². The number of rotatable bonds is 8. The van der Waals surface area contributed by atoms with Gasteiger partial charge in [-0.05, 0) is 62.5 Å². The Balaban J connectivity index is 1.49. The van der Waals surface area contributed by atoms with E-state index in [1.165, 1.54) is 16.2 Å². The van der Waals surface area contributed by atoms with Crippen LogP contribution in [0.5, 0.6) is 5.75 Å². The lowest BCUT2D eigenvalue weighted by Gasteiger charge is -2.11. The Kier molecular flexibility index (Phi) is 7.60. The minimum Gasteiger partial charge on any atom is -0.494 e. The predicted molar refractivity (Wildman–Crippen MR) is 118 cm³/mol. The number of fused-ring (bicyclic) bond motifs is 1. The first kappa shape index (κ1) is 21.3. The molecule has 0 fully saturated rings. The van der Waals surface area contributed by atoms with Crippen molar-refractivity contribution in [1.29, 1.82) is 0 Å². The van der Waals surface area contributed by atoms with Gasteiger partial charge in [-0.25, -0.2) is 4.79 Å². The second kappa shape index (κ2) is 10.4. The van der Waals surface area contributed by atoms with Crippen LogP contribution >= 0.6 is 23.6 Å². The number of anilines is 1. The Morgan fingerprint density at radius 3 is 2.76 bits per heavy atom. The van der Waals surface area contributed by atoms with Crippen LogP contribution in [0.4, 0.5) is 5.00 Å². The van der Waals surface area contributed by atoms with Crippen molar-refractivity contribution in [1.82, 2.24) is 5.32 Å². The van der Waals surface area contributed by atoms with Gasteiger partial charge >= 0.3 is 5.97 Å². The van der Waals surface area contributed by atoms with E-state index >= 15 is 0 Å². The highest BCUT2D eigenvalue weighted by atomic mass is 32.1. The maximum atomic E-state index is 12.4. The molecule has 1 aromatic carbocycles. The molecule has 154 valence electrons. The highest BCUT2D eigenvalue weighted by molar-refractivity contribution is 7.80. The predicted octanol–water partition coefficient (Wildman–Crippen LogP) is 4.09. The van der Waals surface area contributed by atoms with Gasteiger partial charge in [0, 0.05) is 11.3 Å². The van der Waals surface area contributed by atoms with E-state index in [0.29, 0.717) is 36.6 Å². The molecule has 1 aliphatic carbocycles. The van der Waals surface area contributed by atoms with Crippen molar-refractivity contribution < 1.29 is 19.1 Å². The molecule has 0 unspecified atom stereocenters. The lowest BCUT2D eigenvalue weighted by atomic mass is 10.1. The smallest absolute Gasteiger partial charge is 0.341 e. The number of para-hydroxylation sites is 1. The summed E-state index contributed by atoms with van der Waals surface area (Å²) in [5.41, 5.74) is 1.60. The van der Waals surface area contributed by atoms with Gasteiger partial charge in [-0.2, -0.15) is 0 Å². The number of carbonyl (C=O) groups excluding carboxylic acids is 2. The van der Waals surface area contributed by atoms with Crippen molar-refractivity contribution in [2.45, 2.75) is 39.0 Å². The number of benzene rings is 1. The third-order valence-corrected chi connectivity index (χ3v) is 5.85. The summed E-state index contributed by atoms with van der Waals surface area (Å²) in [7, 11) is 0. The number of esters is 1. The van der Waals surface area contributed by atoms with Gasteiger partial charge in [0.2, 0.25) is 5.91 Å². The first-order valence-electron chi connectivity index (χ1n) is 9.68. The summed E-state index contributed by atoms with van der Waals surface area (Å²) in [6.07, 6.45) is 3.72. The molecule has 3 rings (SSSR count). The Morgan fingerprint density at radius 1 is 1.21 bits per heavy atom. The Labute approximate surface area is 179 Å². The molecule has 8 heteroatoms. The Morgan fingerprint density at radius 2 is 2.00 bits per heavy atom. The standard InChI is InChI=1S/C21H24N2O4S2/c1-2-26-20(25)18-15-10-6-11-16(15)29-19(18)23-21(28)22-17(24)12-7-13-27-14-8-4-3-5-9-14/h3-5,8-9H,2,6-7,10-13H2,1H3,(H2,22,23,24,28). The Bertz CT molecular complexity index is 880. The van der Waals surface area contributed by atoms with Gasteiger partial charge in [0.25, 0.3) is 0 Å². The molecule has 0 saturated heterocycles. The minimum absolute atomic E-state index is 0.185. The maximum absolute atomic E-state index is 12.4. The fourth-order valence-corrected chi connectivity index (χ4v) is 4.74. The van der Waals surface area contributed by atoms with Crippen molar-refractivity contribution in [2.75, 3.05) is 18.5 Å². The van der Waals surface area contributed by atoms with E-state index in [0.717, 1.165) is 30.6 Å². The van der Waals surface area contributed by atoms with Gasteiger partial charge in [0.1, 0.15) is 10.8 Å². The number of aryl methyl sites for hydroxylation is 1. The van der Waals surface area contributed by atoms with Gasteiger partial charge in [-0.3, -0.25) is 4.79 Å². The van der Waals surface area contributed by atoms with E-state index in [-0.39, 0.29) is 17.0 Å². The van der Waals surface area contributed by atoms with Crippen LogP contribution in [0.15, 0.2) is 30.3 Å². The van der Waals surface area contributed by atoms with E-state index in [9.17, 15) is 9.59 Å². The van der Waals surface area contributed by atoms with E-state index < -0.39 is 0 Å². The summed E-state index contributed by atoms with van der Waals surface area (Å²) >= 11 is 6.77. The zero-order chi connectivity index (χ0) is 20.6. The molecule has 0 atom stereocenters. The van der Waals surface area contributed by atoms with Crippen LogP contribution < -0.4 is 15.4 Å². The SMILES string of the molecule is CCOC(=O)c1c(NC(=S)NC(=O)CCCOc2ccccc2)sc2c1CCC2. The van der Waals surface area contributed by atoms with E-state index in [1.54, 1.807) is 6.92 Å². The molecule has 1 heterocycles. The van der Waals surface area contributed by atoms with Crippen LogP contribution in [0, 0.1) is 0 Å². The molecule has 6 nitrogen and oxygen atoms in total. The van der Waals surface area contributed by atoms with E-state index in [2.05, 4.69) is 10.6 Å². The lowest BCUT2D eigenvalue weighted by Crippen LogP contribution is -2.34. The van der Waals surface area contributed by atoms with Crippen molar-refractivity contribution in [3.63, 3.8) is 0 Å². The summed E-state index contributed by atoms with van der Waals surface area (Å²) in [6.45, 7) is 2.54. The maximum Gasteiger partial charge on any atom is 0.341 e.